The van der Waals surface area contributed by atoms with E-state index in [1.807, 2.05) is 30.3 Å². The van der Waals surface area contributed by atoms with Gasteiger partial charge in [0, 0.05) is 6.54 Å². The molecule has 0 saturated carbocycles. The van der Waals surface area contributed by atoms with Crippen LogP contribution in [0.2, 0.25) is 0 Å². The van der Waals surface area contributed by atoms with Crippen LogP contribution >= 0.6 is 0 Å². The lowest BCUT2D eigenvalue weighted by Crippen LogP contribution is -2.41. The number of carbonyl (C=O) groups is 1. The van der Waals surface area contributed by atoms with Gasteiger partial charge in [-0.2, -0.15) is 5.26 Å². The number of nitrogens with one attached hydrogen (secondary N) is 1. The molecule has 0 aliphatic carbocycles. The van der Waals surface area contributed by atoms with Gasteiger partial charge < -0.3 is 10.1 Å². The minimum absolute atomic E-state index is 0.188. The van der Waals surface area contributed by atoms with Crippen molar-refractivity contribution in [3.63, 3.8) is 0 Å². The smallest absolute Gasteiger partial charge is 0.240 e. The maximum absolute atomic E-state index is 12.2. The number of nitriles is 1. The van der Waals surface area contributed by atoms with Crippen LogP contribution in [0.1, 0.15) is 11.1 Å². The highest BCUT2D eigenvalue weighted by Crippen LogP contribution is 2.21. The van der Waals surface area contributed by atoms with Crippen molar-refractivity contribution in [1.29, 1.82) is 5.26 Å². The molecule has 0 aliphatic heterocycles. The molecule has 7 nitrogen and oxygen atoms in total. The molecule has 0 heterocycles. The van der Waals surface area contributed by atoms with Crippen LogP contribution in [0.15, 0.2) is 48.5 Å². The summed E-state index contributed by atoms with van der Waals surface area (Å²) in [4.78, 5) is 12.2. The molecule has 0 radical (unpaired) electrons. The van der Waals surface area contributed by atoms with Gasteiger partial charge >= 0.3 is 0 Å². The zero-order chi connectivity index (χ0) is 19.9. The second-order valence-corrected chi connectivity index (χ2v) is 7.75. The summed E-state index contributed by atoms with van der Waals surface area (Å²) in [7, 11) is -2.13. The number of methoxy groups -OCH3 is 1. The normalized spacial score (nSPS) is 10.7. The van der Waals surface area contributed by atoms with E-state index in [1.54, 1.807) is 19.2 Å². The maximum atomic E-state index is 12.2. The number of benzene rings is 2. The van der Waals surface area contributed by atoms with E-state index in [0.717, 1.165) is 21.9 Å². The first kappa shape index (κ1) is 20.3. The molecule has 0 aliphatic rings. The highest BCUT2D eigenvalue weighted by Gasteiger charge is 2.23. The minimum Gasteiger partial charge on any atom is -0.497 e. The molecule has 1 amide bonds. The number of ether oxygens (including phenoxy) is 1. The summed E-state index contributed by atoms with van der Waals surface area (Å²) in [6.07, 6.45) is 1.61. The third-order valence-corrected chi connectivity index (χ3v) is 5.00. The lowest BCUT2D eigenvalue weighted by molar-refractivity contribution is -0.119. The standard InChI is InChI=1S/C19H21N3O4S/c1-26-17-9-7-15(8-10-17)11-12-21-19(23)14-22(27(2,24)25)18-6-4-3-5-16(18)13-20/h3-10H,11-12,14H2,1-2H3,(H,21,23). The molecule has 2 rings (SSSR count). The van der Waals surface area contributed by atoms with Crippen molar-refractivity contribution in [3.8, 4) is 11.8 Å². The zero-order valence-corrected chi connectivity index (χ0v) is 16.0. The first-order chi connectivity index (χ1) is 12.8. The summed E-state index contributed by atoms with van der Waals surface area (Å²) in [6.45, 7) is -0.0250. The Morgan fingerprint density at radius 3 is 2.44 bits per heavy atom. The summed E-state index contributed by atoms with van der Waals surface area (Å²) in [5.74, 6) is 0.310. The van der Waals surface area contributed by atoms with Gasteiger partial charge in [0.2, 0.25) is 15.9 Å². The van der Waals surface area contributed by atoms with Crippen LogP contribution in [0.25, 0.3) is 0 Å². The van der Waals surface area contributed by atoms with Crippen LogP contribution in [0.4, 0.5) is 5.69 Å². The molecular weight excluding hydrogens is 366 g/mol. The van der Waals surface area contributed by atoms with E-state index in [-0.39, 0.29) is 17.8 Å². The van der Waals surface area contributed by atoms with Gasteiger partial charge in [-0.25, -0.2) is 8.42 Å². The number of para-hydroxylation sites is 1. The van der Waals surface area contributed by atoms with Gasteiger partial charge in [-0.1, -0.05) is 24.3 Å². The molecule has 142 valence electrons. The van der Waals surface area contributed by atoms with Gasteiger partial charge in [-0.05, 0) is 36.2 Å². The molecule has 0 saturated heterocycles. The lowest BCUT2D eigenvalue weighted by atomic mass is 10.1. The van der Waals surface area contributed by atoms with Crippen LogP contribution in [-0.2, 0) is 21.2 Å². The Hall–Kier alpha value is -3.05. The number of nitrogens with zero attached hydrogens (tertiary/aromatic N) is 2. The molecule has 0 unspecified atom stereocenters. The Morgan fingerprint density at radius 2 is 1.85 bits per heavy atom. The van der Waals surface area contributed by atoms with Crippen LogP contribution in [0, 0.1) is 11.3 Å². The second kappa shape index (κ2) is 9.05. The predicted molar refractivity (Wildman–Crippen MR) is 103 cm³/mol. The average Bonchev–Trinajstić information content (AvgIpc) is 2.66. The molecule has 8 heteroatoms. The van der Waals surface area contributed by atoms with Crippen molar-refractivity contribution in [2.45, 2.75) is 6.42 Å². The van der Waals surface area contributed by atoms with Gasteiger partial charge in [0.1, 0.15) is 18.4 Å². The van der Waals surface area contributed by atoms with Gasteiger partial charge in [-0.3, -0.25) is 9.10 Å². The van der Waals surface area contributed by atoms with Crippen molar-refractivity contribution in [2.75, 3.05) is 30.8 Å². The number of anilines is 1. The highest BCUT2D eigenvalue weighted by atomic mass is 32.2. The van der Waals surface area contributed by atoms with Crippen LogP contribution in [0.5, 0.6) is 5.75 Å². The fourth-order valence-electron chi connectivity index (χ4n) is 2.49. The first-order valence-electron chi connectivity index (χ1n) is 8.21. The Kier molecular flexibility index (Phi) is 6.79. The molecule has 0 spiro atoms. The van der Waals surface area contributed by atoms with Crippen molar-refractivity contribution >= 4 is 21.6 Å². The fourth-order valence-corrected chi connectivity index (χ4v) is 3.36. The van der Waals surface area contributed by atoms with Gasteiger partial charge in [0.25, 0.3) is 0 Å². The average molecular weight is 387 g/mol. The Labute approximate surface area is 159 Å². The molecule has 27 heavy (non-hydrogen) atoms. The molecule has 2 aromatic rings. The van der Waals surface area contributed by atoms with E-state index in [9.17, 15) is 18.5 Å². The topological polar surface area (TPSA) is 99.5 Å². The zero-order valence-electron chi connectivity index (χ0n) is 15.2. The maximum Gasteiger partial charge on any atom is 0.240 e. The third-order valence-electron chi connectivity index (χ3n) is 3.88. The quantitative estimate of drug-likeness (QED) is 0.743. The van der Waals surface area contributed by atoms with Gasteiger partial charge in [0.05, 0.1) is 24.6 Å². The predicted octanol–water partition coefficient (Wildman–Crippen LogP) is 1.69. The lowest BCUT2D eigenvalue weighted by Gasteiger charge is -2.22. The number of rotatable bonds is 8. The van der Waals surface area contributed by atoms with Gasteiger partial charge in [0.15, 0.2) is 0 Å². The molecular formula is C19H21N3O4S. The van der Waals surface area contributed by atoms with Crippen molar-refractivity contribution in [2.24, 2.45) is 0 Å². The third kappa shape index (κ3) is 5.72. The number of amides is 1. The van der Waals surface area contributed by atoms with E-state index in [0.29, 0.717) is 13.0 Å². The summed E-state index contributed by atoms with van der Waals surface area (Å²) in [5, 5.41) is 11.9. The van der Waals surface area contributed by atoms with Crippen molar-refractivity contribution in [1.82, 2.24) is 5.32 Å². The monoisotopic (exact) mass is 387 g/mol. The summed E-state index contributed by atoms with van der Waals surface area (Å²) >= 11 is 0. The van der Waals surface area contributed by atoms with E-state index in [4.69, 9.17) is 4.74 Å². The summed E-state index contributed by atoms with van der Waals surface area (Å²) < 4.78 is 30.3. The number of sulfonamides is 1. The molecule has 1 N–H and O–H groups in total. The van der Waals surface area contributed by atoms with E-state index >= 15 is 0 Å². The van der Waals surface area contributed by atoms with E-state index < -0.39 is 15.9 Å². The molecule has 0 fully saturated rings. The Bertz CT molecular complexity index is 934. The fraction of sp³-hybridized carbons (Fsp3) is 0.263. The molecule has 0 aromatic heterocycles. The largest absolute Gasteiger partial charge is 0.497 e. The van der Waals surface area contributed by atoms with Crippen molar-refractivity contribution < 1.29 is 17.9 Å². The van der Waals surface area contributed by atoms with E-state index in [2.05, 4.69) is 5.32 Å². The summed E-state index contributed by atoms with van der Waals surface area (Å²) in [5.41, 5.74) is 1.40. The number of hydrogen-bond donors (Lipinski definition) is 1. The highest BCUT2D eigenvalue weighted by molar-refractivity contribution is 7.92. The van der Waals surface area contributed by atoms with Crippen molar-refractivity contribution in [3.05, 3.63) is 59.7 Å². The first-order valence-corrected chi connectivity index (χ1v) is 10.1. The minimum atomic E-state index is -3.72. The molecule has 0 atom stereocenters. The number of hydrogen-bond acceptors (Lipinski definition) is 5. The molecule has 2 aromatic carbocycles. The summed E-state index contributed by atoms with van der Waals surface area (Å²) in [6, 6.07) is 15.7. The van der Waals surface area contributed by atoms with Crippen LogP contribution in [-0.4, -0.2) is 40.8 Å². The van der Waals surface area contributed by atoms with Crippen LogP contribution < -0.4 is 14.4 Å². The Balaban J connectivity index is 2.01. The number of carbonyl (C=O) groups excluding carboxylic acids is 1. The second-order valence-electron chi connectivity index (χ2n) is 5.85. The SMILES string of the molecule is COc1ccc(CCNC(=O)CN(c2ccccc2C#N)S(C)(=O)=O)cc1. The van der Waals surface area contributed by atoms with Gasteiger partial charge in [-0.15, -0.1) is 0 Å². The van der Waals surface area contributed by atoms with E-state index in [1.165, 1.54) is 12.1 Å². The van der Waals surface area contributed by atoms with Crippen LogP contribution in [0.3, 0.4) is 0 Å². The Morgan fingerprint density at radius 1 is 1.19 bits per heavy atom. The molecule has 0 bridgehead atoms.